The number of carbonyl (C=O) groups is 2. The first kappa shape index (κ1) is 35.5. The molecule has 4 atom stereocenters. The van der Waals surface area contributed by atoms with Crippen LogP contribution in [0.1, 0.15) is 43.2 Å². The van der Waals surface area contributed by atoms with Crippen molar-refractivity contribution in [2.45, 2.75) is 62.1 Å². The number of ether oxygens (including phenoxy) is 1. The molecule has 3 heterocycles. The highest BCUT2D eigenvalue weighted by Gasteiger charge is 2.49. The number of rotatable bonds is 9. The van der Waals surface area contributed by atoms with E-state index in [1.165, 1.54) is 27.9 Å². The third kappa shape index (κ3) is 7.92. The minimum atomic E-state index is -3.52. The van der Waals surface area contributed by atoms with Gasteiger partial charge >= 0.3 is 6.09 Å². The van der Waals surface area contributed by atoms with Crippen LogP contribution in [0.2, 0.25) is 5.02 Å². The van der Waals surface area contributed by atoms with Gasteiger partial charge in [0.05, 0.1) is 19.1 Å². The van der Waals surface area contributed by atoms with Gasteiger partial charge in [-0.25, -0.2) is 30.3 Å². The molecule has 2 amide bonds. The maximum Gasteiger partial charge on any atom is 0.407 e. The van der Waals surface area contributed by atoms with E-state index in [1.807, 2.05) is 0 Å². The SMILES string of the molecule is COC(=O)NC(C(=O)Nc1cccc(F)c1CCC1CNC2CCCS(=O)(=O)N1C2)C1(c2ccc(Cl)cc2)CCN(S(C)(=O)=O)CC1. The smallest absolute Gasteiger partial charge is 0.407 e. The largest absolute Gasteiger partial charge is 0.453 e. The van der Waals surface area contributed by atoms with Crippen LogP contribution in [-0.2, 0) is 41.4 Å². The van der Waals surface area contributed by atoms with Crippen molar-refractivity contribution in [3.05, 3.63) is 64.4 Å². The summed E-state index contributed by atoms with van der Waals surface area (Å²) >= 11 is 6.17. The van der Waals surface area contributed by atoms with Gasteiger partial charge in [0.1, 0.15) is 11.9 Å². The lowest BCUT2D eigenvalue weighted by molar-refractivity contribution is -0.120. The third-order valence-electron chi connectivity index (χ3n) is 9.63. The Kier molecular flexibility index (Phi) is 10.8. The first-order valence-corrected chi connectivity index (χ1v) is 19.4. The average Bonchev–Trinajstić information content (AvgIpc) is 3.14. The van der Waals surface area contributed by atoms with E-state index < -0.39 is 49.3 Å². The summed E-state index contributed by atoms with van der Waals surface area (Å²) in [6, 6.07) is 9.56. The first-order valence-electron chi connectivity index (χ1n) is 15.6. The molecule has 16 heteroatoms. The van der Waals surface area contributed by atoms with Crippen molar-refractivity contribution in [3.63, 3.8) is 0 Å². The Morgan fingerprint density at radius 2 is 1.87 bits per heavy atom. The summed E-state index contributed by atoms with van der Waals surface area (Å²) in [5.74, 6) is -1.13. The highest BCUT2D eigenvalue weighted by molar-refractivity contribution is 7.89. The number of benzene rings is 2. The molecule has 12 nitrogen and oxygen atoms in total. The summed E-state index contributed by atoms with van der Waals surface area (Å²) < 4.78 is 73.8. The Bertz CT molecular complexity index is 1690. The number of hydrogen-bond donors (Lipinski definition) is 3. The number of alkyl carbamates (subject to hydrolysis) is 1. The maximum absolute atomic E-state index is 15.4. The molecule has 0 saturated carbocycles. The summed E-state index contributed by atoms with van der Waals surface area (Å²) in [6.07, 6.45) is 2.43. The van der Waals surface area contributed by atoms with Crippen molar-refractivity contribution >= 4 is 49.3 Å². The van der Waals surface area contributed by atoms with Gasteiger partial charge in [0.15, 0.2) is 0 Å². The second kappa shape index (κ2) is 14.3. The molecule has 47 heavy (non-hydrogen) atoms. The van der Waals surface area contributed by atoms with Gasteiger partial charge in [0.25, 0.3) is 0 Å². The summed E-state index contributed by atoms with van der Waals surface area (Å²) in [5, 5.41) is 9.37. The molecule has 0 aromatic heterocycles. The summed E-state index contributed by atoms with van der Waals surface area (Å²) in [4.78, 5) is 26.9. The molecule has 2 bridgehead atoms. The molecule has 5 rings (SSSR count). The van der Waals surface area contributed by atoms with Crippen LogP contribution in [0.4, 0.5) is 14.9 Å². The maximum atomic E-state index is 15.4. The van der Waals surface area contributed by atoms with Crippen molar-refractivity contribution in [2.24, 2.45) is 0 Å². The van der Waals surface area contributed by atoms with Gasteiger partial charge in [0, 0.05) is 60.0 Å². The number of amides is 2. The zero-order valence-corrected chi connectivity index (χ0v) is 28.8. The minimum absolute atomic E-state index is 0.0780. The Morgan fingerprint density at radius 3 is 2.53 bits per heavy atom. The van der Waals surface area contributed by atoms with E-state index in [-0.39, 0.29) is 61.4 Å². The molecule has 4 unspecified atom stereocenters. The predicted molar refractivity (Wildman–Crippen MR) is 177 cm³/mol. The highest BCUT2D eigenvalue weighted by Crippen LogP contribution is 2.41. The van der Waals surface area contributed by atoms with Crippen LogP contribution in [0.3, 0.4) is 0 Å². The van der Waals surface area contributed by atoms with Crippen LogP contribution in [0.15, 0.2) is 42.5 Å². The topological polar surface area (TPSA) is 154 Å². The van der Waals surface area contributed by atoms with Gasteiger partial charge in [-0.15, -0.1) is 0 Å². The molecule has 0 radical (unpaired) electrons. The van der Waals surface area contributed by atoms with Crippen LogP contribution in [0, 0.1) is 5.82 Å². The lowest BCUT2D eigenvalue weighted by Gasteiger charge is -2.45. The standard InChI is InChI=1S/C31H41ClFN5O7S2/c1-45-30(40)36-28(31(21-8-10-22(32)11-9-21)14-16-37(17-15-31)46(2,41)42)29(39)35-27-7-3-6-26(33)25(27)13-12-24-19-34-23-5-4-18-47(43,44)38(24)20-23/h3,6-11,23-24,28,34H,4-5,12-20H2,1-2H3,(H,35,39)(H,36,40). The lowest BCUT2D eigenvalue weighted by atomic mass is 9.67. The normalized spacial score (nSPS) is 24.8. The van der Waals surface area contributed by atoms with Gasteiger partial charge in [-0.2, -0.15) is 4.31 Å². The van der Waals surface area contributed by atoms with Crippen LogP contribution < -0.4 is 16.0 Å². The molecule has 2 aromatic carbocycles. The lowest BCUT2D eigenvalue weighted by Crippen LogP contribution is -2.60. The number of sulfonamides is 2. The Hall–Kier alpha value is -2.82. The van der Waals surface area contributed by atoms with E-state index in [0.717, 1.165) is 12.7 Å². The zero-order chi connectivity index (χ0) is 34.0. The summed E-state index contributed by atoms with van der Waals surface area (Å²) in [7, 11) is -5.79. The molecule has 0 spiro atoms. The van der Waals surface area contributed by atoms with Crippen LogP contribution in [-0.4, -0.2) is 101 Å². The molecular formula is C31H41ClFN5O7S2. The van der Waals surface area contributed by atoms with E-state index in [1.54, 1.807) is 30.3 Å². The predicted octanol–water partition coefficient (Wildman–Crippen LogP) is 2.83. The van der Waals surface area contributed by atoms with Gasteiger partial charge in [-0.3, -0.25) is 4.79 Å². The molecule has 3 aliphatic heterocycles. The Balaban J connectivity index is 1.44. The highest BCUT2D eigenvalue weighted by atomic mass is 35.5. The first-order chi connectivity index (χ1) is 22.2. The Labute approximate surface area is 280 Å². The molecule has 0 aliphatic carbocycles. The van der Waals surface area contributed by atoms with E-state index in [9.17, 15) is 26.4 Å². The summed E-state index contributed by atoms with van der Waals surface area (Å²) in [6.45, 7) is 1.00. The monoisotopic (exact) mass is 713 g/mol. The van der Waals surface area contributed by atoms with Gasteiger partial charge in [-0.05, 0) is 68.4 Å². The molecule has 2 aromatic rings. The molecule has 3 aliphatic rings. The average molecular weight is 714 g/mol. The molecule has 258 valence electrons. The van der Waals surface area contributed by atoms with Crippen LogP contribution in [0.5, 0.6) is 0 Å². The molecular weight excluding hydrogens is 673 g/mol. The second-order valence-electron chi connectivity index (χ2n) is 12.5. The second-order valence-corrected chi connectivity index (χ2v) is 16.9. The number of fused-ring (bicyclic) bond motifs is 2. The number of piperidine rings is 1. The third-order valence-corrected chi connectivity index (χ3v) is 13.2. The molecule has 3 N–H and O–H groups in total. The number of hydrogen-bond acceptors (Lipinski definition) is 8. The fraction of sp³-hybridized carbons (Fsp3) is 0.548. The number of halogens is 2. The van der Waals surface area contributed by atoms with Gasteiger partial charge in [0.2, 0.25) is 26.0 Å². The zero-order valence-electron chi connectivity index (χ0n) is 26.4. The van der Waals surface area contributed by atoms with E-state index >= 15 is 4.39 Å². The molecule has 3 fully saturated rings. The quantitative estimate of drug-likeness (QED) is 0.359. The Morgan fingerprint density at radius 1 is 1.17 bits per heavy atom. The fourth-order valence-corrected chi connectivity index (χ4v) is 9.84. The summed E-state index contributed by atoms with van der Waals surface area (Å²) in [5.41, 5.74) is -0.0256. The van der Waals surface area contributed by atoms with E-state index in [2.05, 4.69) is 16.0 Å². The van der Waals surface area contributed by atoms with Gasteiger partial charge in [-0.1, -0.05) is 29.8 Å². The number of nitrogens with zero attached hydrogens (tertiary/aromatic N) is 2. The van der Waals surface area contributed by atoms with E-state index in [4.69, 9.17) is 16.3 Å². The van der Waals surface area contributed by atoms with Crippen molar-refractivity contribution in [2.75, 3.05) is 50.6 Å². The van der Waals surface area contributed by atoms with Crippen molar-refractivity contribution in [1.82, 2.24) is 19.2 Å². The number of carbonyl (C=O) groups excluding carboxylic acids is 2. The minimum Gasteiger partial charge on any atom is -0.453 e. The van der Waals surface area contributed by atoms with Crippen molar-refractivity contribution in [1.29, 1.82) is 0 Å². The fourth-order valence-electron chi connectivity index (χ4n) is 7.06. The number of anilines is 1. The molecule has 3 saturated heterocycles. The van der Waals surface area contributed by atoms with Crippen molar-refractivity contribution < 1.29 is 35.6 Å². The van der Waals surface area contributed by atoms with Crippen LogP contribution >= 0.6 is 11.6 Å². The number of methoxy groups -OCH3 is 1. The van der Waals surface area contributed by atoms with Crippen molar-refractivity contribution in [3.8, 4) is 0 Å². The van der Waals surface area contributed by atoms with Gasteiger partial charge < -0.3 is 20.7 Å². The van der Waals surface area contributed by atoms with Crippen LogP contribution in [0.25, 0.3) is 0 Å². The number of piperazine rings is 1. The number of nitrogens with one attached hydrogen (secondary N) is 3. The van der Waals surface area contributed by atoms with E-state index in [0.29, 0.717) is 36.5 Å².